The van der Waals surface area contributed by atoms with Gasteiger partial charge in [0.15, 0.2) is 17.5 Å². The van der Waals surface area contributed by atoms with E-state index in [0.29, 0.717) is 28.6 Å². The molecule has 0 atom stereocenters. The molecule has 0 N–H and O–H groups in total. The van der Waals surface area contributed by atoms with E-state index in [1.54, 1.807) is 0 Å². The first kappa shape index (κ1) is 41.9. The van der Waals surface area contributed by atoms with Crippen LogP contribution >= 0.6 is 0 Å². The Bertz CT molecular complexity index is 4310. The van der Waals surface area contributed by atoms with Crippen LogP contribution in [-0.4, -0.2) is 29.1 Å². The summed E-state index contributed by atoms with van der Waals surface area (Å²) in [5.74, 6) is 1.71. The van der Waals surface area contributed by atoms with Crippen molar-refractivity contribution in [1.29, 1.82) is 10.5 Å². The fourth-order valence-electron chi connectivity index (χ4n) is 10.2. The summed E-state index contributed by atoms with van der Waals surface area (Å²) in [5.41, 5.74) is 15.7. The van der Waals surface area contributed by atoms with E-state index in [2.05, 4.69) is 143 Å². The molecule has 0 aliphatic carbocycles. The van der Waals surface area contributed by atoms with Crippen LogP contribution in [0.15, 0.2) is 231 Å². The molecule has 9 aromatic carbocycles. The number of pyridine rings is 1. The molecule has 0 unspecified atom stereocenters. The topological polar surface area (TPSA) is 109 Å². The first-order chi connectivity index (χ1) is 35.6. The van der Waals surface area contributed by atoms with Gasteiger partial charge < -0.3 is 9.13 Å². The van der Waals surface area contributed by atoms with Gasteiger partial charge in [-0.3, -0.25) is 4.98 Å². The summed E-state index contributed by atoms with van der Waals surface area (Å²) < 4.78 is 4.67. The van der Waals surface area contributed by atoms with E-state index < -0.39 is 0 Å². The molecule has 13 aromatic rings. The van der Waals surface area contributed by atoms with Gasteiger partial charge in [-0.15, -0.1) is 0 Å². The summed E-state index contributed by atoms with van der Waals surface area (Å²) in [5, 5.41) is 23.9. The molecule has 0 spiro atoms. The second kappa shape index (κ2) is 17.4. The van der Waals surface area contributed by atoms with Gasteiger partial charge >= 0.3 is 0 Å². The van der Waals surface area contributed by atoms with E-state index in [9.17, 15) is 10.5 Å². The molecule has 0 fully saturated rings. The van der Waals surface area contributed by atoms with Crippen LogP contribution in [0, 0.1) is 22.7 Å². The molecule has 0 saturated carbocycles. The first-order valence-corrected chi connectivity index (χ1v) is 23.6. The maximum Gasteiger partial charge on any atom is 0.164 e. The summed E-state index contributed by atoms with van der Waals surface area (Å²) in [6.45, 7) is 0. The fourth-order valence-corrected chi connectivity index (χ4v) is 10.2. The third kappa shape index (κ3) is 7.15. The van der Waals surface area contributed by atoms with E-state index in [1.807, 2.05) is 109 Å². The Labute approximate surface area is 414 Å². The van der Waals surface area contributed by atoms with Gasteiger partial charge in [0.1, 0.15) is 0 Å². The monoisotopic (exact) mass is 918 g/mol. The van der Waals surface area contributed by atoms with Crippen LogP contribution in [0.25, 0.3) is 123 Å². The lowest BCUT2D eigenvalue weighted by molar-refractivity contribution is 1.07. The standard InChI is InChI=1S/C64H38N8/c65-38-41-13-11-19-45(33-41)47-25-28-58-53(35-47)50-21-7-9-23-56(50)71(58)59-30-27-49(64-69-62(43-15-3-1-4-16-43)68-63(70-64)44-17-5-2-6-18-44)37-55(59)52-31-32-67-40-61(52)72-57-24-10-8-22-51(57)54-36-48(26-29-60(54)72)46-20-12-14-42(34-46)39-66/h1-37,40H. The number of nitriles is 2. The Kier molecular flexibility index (Phi) is 10.1. The number of hydrogen-bond donors (Lipinski definition) is 0. The van der Waals surface area contributed by atoms with Crippen LogP contribution in [0.4, 0.5) is 0 Å². The zero-order valence-corrected chi connectivity index (χ0v) is 38.5. The number of rotatable bonds is 8. The smallest absolute Gasteiger partial charge is 0.164 e. The Morgan fingerprint density at radius 1 is 0.319 bits per heavy atom. The minimum atomic E-state index is 0.544. The van der Waals surface area contributed by atoms with Gasteiger partial charge in [-0.2, -0.15) is 10.5 Å². The average molecular weight is 919 g/mol. The number of para-hydroxylation sites is 2. The van der Waals surface area contributed by atoms with Crippen molar-refractivity contribution < 1.29 is 0 Å². The van der Waals surface area contributed by atoms with Crippen molar-refractivity contribution in [2.24, 2.45) is 0 Å². The van der Waals surface area contributed by atoms with Gasteiger partial charge in [-0.05, 0) is 107 Å². The Morgan fingerprint density at radius 3 is 1.31 bits per heavy atom. The van der Waals surface area contributed by atoms with Crippen LogP contribution in [0.3, 0.4) is 0 Å². The molecule has 0 aliphatic rings. The molecule has 4 aromatic heterocycles. The van der Waals surface area contributed by atoms with Crippen LogP contribution in [0.5, 0.6) is 0 Å². The predicted octanol–water partition coefficient (Wildman–Crippen LogP) is 15.2. The molecule has 0 aliphatic heterocycles. The molecule has 0 radical (unpaired) electrons. The van der Waals surface area contributed by atoms with Gasteiger partial charge in [0.25, 0.3) is 0 Å². The van der Waals surface area contributed by atoms with Gasteiger partial charge in [-0.25, -0.2) is 15.0 Å². The number of benzene rings is 9. The minimum absolute atomic E-state index is 0.544. The summed E-state index contributed by atoms with van der Waals surface area (Å²) in [4.78, 5) is 20.2. The molecule has 0 bridgehead atoms. The van der Waals surface area contributed by atoms with Gasteiger partial charge in [-0.1, -0.05) is 133 Å². The predicted molar refractivity (Wildman–Crippen MR) is 288 cm³/mol. The van der Waals surface area contributed by atoms with E-state index >= 15 is 0 Å². The Balaban J connectivity index is 1.08. The van der Waals surface area contributed by atoms with Crippen LogP contribution in [0.2, 0.25) is 0 Å². The van der Waals surface area contributed by atoms with Crippen molar-refractivity contribution in [3.63, 3.8) is 0 Å². The third-order valence-corrected chi connectivity index (χ3v) is 13.5. The third-order valence-electron chi connectivity index (χ3n) is 13.5. The molecule has 4 heterocycles. The average Bonchev–Trinajstić information content (AvgIpc) is 3.97. The summed E-state index contributed by atoms with van der Waals surface area (Å²) in [6.07, 6.45) is 3.82. The van der Waals surface area contributed by atoms with E-state index in [4.69, 9.17) is 19.9 Å². The van der Waals surface area contributed by atoms with Gasteiger partial charge in [0, 0.05) is 55.6 Å². The zero-order valence-electron chi connectivity index (χ0n) is 38.5. The lowest BCUT2D eigenvalue weighted by Crippen LogP contribution is -2.04. The van der Waals surface area contributed by atoms with Gasteiger partial charge in [0.2, 0.25) is 0 Å². The molecule has 72 heavy (non-hydrogen) atoms. The quantitative estimate of drug-likeness (QED) is 0.150. The van der Waals surface area contributed by atoms with Crippen molar-refractivity contribution in [3.05, 3.63) is 242 Å². The van der Waals surface area contributed by atoms with Crippen LogP contribution < -0.4 is 0 Å². The lowest BCUT2D eigenvalue weighted by atomic mass is 9.98. The van der Waals surface area contributed by atoms with Crippen molar-refractivity contribution in [1.82, 2.24) is 29.1 Å². The molecule has 8 nitrogen and oxygen atoms in total. The Morgan fingerprint density at radius 2 is 0.764 bits per heavy atom. The number of hydrogen-bond acceptors (Lipinski definition) is 6. The van der Waals surface area contributed by atoms with Crippen molar-refractivity contribution in [3.8, 4) is 91.1 Å². The van der Waals surface area contributed by atoms with Crippen molar-refractivity contribution >= 4 is 43.6 Å². The van der Waals surface area contributed by atoms with E-state index in [-0.39, 0.29) is 0 Å². The summed E-state index contributed by atoms with van der Waals surface area (Å²) in [6, 6.07) is 79.0. The largest absolute Gasteiger partial charge is 0.309 e. The highest BCUT2D eigenvalue weighted by molar-refractivity contribution is 6.13. The molecular weight excluding hydrogens is 881 g/mol. The maximum atomic E-state index is 9.77. The fraction of sp³-hybridized carbons (Fsp3) is 0. The maximum absolute atomic E-state index is 9.77. The van der Waals surface area contributed by atoms with E-state index in [0.717, 1.165) is 105 Å². The van der Waals surface area contributed by atoms with Crippen LogP contribution in [0.1, 0.15) is 11.1 Å². The first-order valence-electron chi connectivity index (χ1n) is 23.6. The number of nitrogens with zero attached hydrogens (tertiary/aromatic N) is 8. The van der Waals surface area contributed by atoms with Gasteiger partial charge in [0.05, 0.1) is 62.9 Å². The van der Waals surface area contributed by atoms with Crippen LogP contribution in [-0.2, 0) is 0 Å². The molecule has 13 rings (SSSR count). The highest BCUT2D eigenvalue weighted by Crippen LogP contribution is 2.43. The second-order valence-electron chi connectivity index (χ2n) is 17.7. The summed E-state index contributed by atoms with van der Waals surface area (Å²) >= 11 is 0. The SMILES string of the molecule is N#Cc1cccc(-c2ccc3c(c2)c2ccccc2n3-c2ccc(-c3nc(-c4ccccc4)nc(-c4ccccc4)n3)cc2-c2ccncc2-n2c3ccccc3c3cc(-c4cccc(C#N)c4)ccc32)c1. The highest BCUT2D eigenvalue weighted by atomic mass is 15.0. The number of fused-ring (bicyclic) bond motifs is 6. The molecular formula is C64H38N8. The van der Waals surface area contributed by atoms with Crippen molar-refractivity contribution in [2.75, 3.05) is 0 Å². The summed E-state index contributed by atoms with van der Waals surface area (Å²) in [7, 11) is 0. The molecule has 334 valence electrons. The highest BCUT2D eigenvalue weighted by Gasteiger charge is 2.23. The Hall–Kier alpha value is -10.3. The molecule has 8 heteroatoms. The van der Waals surface area contributed by atoms with E-state index in [1.165, 1.54) is 0 Å². The molecule has 0 amide bonds. The lowest BCUT2D eigenvalue weighted by Gasteiger charge is -2.19. The number of aromatic nitrogens is 6. The second-order valence-corrected chi connectivity index (χ2v) is 17.7. The molecule has 0 saturated heterocycles. The normalized spacial score (nSPS) is 11.3. The minimum Gasteiger partial charge on any atom is -0.309 e. The van der Waals surface area contributed by atoms with Crippen molar-refractivity contribution in [2.45, 2.75) is 0 Å². The zero-order chi connectivity index (χ0) is 48.1.